The molecular weight excluding hydrogens is 648 g/mol. The summed E-state index contributed by atoms with van der Waals surface area (Å²) >= 11 is 14.8. The molecule has 202 valence electrons. The minimum absolute atomic E-state index is 0.0666. The van der Waals surface area contributed by atoms with Crippen molar-refractivity contribution in [2.75, 3.05) is 10.0 Å². The standard InChI is InChI=1S/C24H14BrCl2F3N4O4S/c25-17-12-31-23(32-21(17)24(28,29)30)33-22(35)16-11-13(26)5-10-19(16)34-39(36,37)15-8-6-14(7-9-15)38-20-4-2-1-3-18(20)27/h1-12,34H,(H,31,32,33,35). The third kappa shape index (κ3) is 6.98. The van der Waals surface area contributed by atoms with Crippen LogP contribution in [-0.2, 0) is 16.2 Å². The van der Waals surface area contributed by atoms with Gasteiger partial charge in [-0.25, -0.2) is 18.4 Å². The van der Waals surface area contributed by atoms with Gasteiger partial charge in [-0.3, -0.25) is 14.8 Å². The third-order valence-electron chi connectivity index (χ3n) is 4.91. The topological polar surface area (TPSA) is 110 Å². The molecule has 0 aliphatic heterocycles. The first-order valence-electron chi connectivity index (χ1n) is 10.6. The normalized spacial score (nSPS) is 11.6. The maximum atomic E-state index is 13.2. The van der Waals surface area contributed by atoms with E-state index in [9.17, 15) is 26.4 Å². The second kappa shape index (κ2) is 11.4. The number of halogens is 6. The van der Waals surface area contributed by atoms with E-state index >= 15 is 0 Å². The zero-order valence-corrected chi connectivity index (χ0v) is 23.0. The number of nitrogens with one attached hydrogen (secondary N) is 2. The maximum absolute atomic E-state index is 13.2. The van der Waals surface area contributed by atoms with Crippen molar-refractivity contribution in [3.05, 3.63) is 98.7 Å². The molecule has 2 N–H and O–H groups in total. The number of carbonyl (C=O) groups excluding carboxylic acids is 1. The molecule has 4 aromatic rings. The molecule has 4 rings (SSSR count). The van der Waals surface area contributed by atoms with Crippen molar-refractivity contribution in [3.8, 4) is 11.5 Å². The van der Waals surface area contributed by atoms with E-state index in [0.717, 1.165) is 12.3 Å². The summed E-state index contributed by atoms with van der Waals surface area (Å²) in [5.41, 5.74) is -1.78. The summed E-state index contributed by atoms with van der Waals surface area (Å²) in [6.45, 7) is 0. The van der Waals surface area contributed by atoms with Gasteiger partial charge in [-0.1, -0.05) is 35.3 Å². The number of ether oxygens (including phenoxy) is 1. The molecule has 0 radical (unpaired) electrons. The second-order valence-corrected chi connectivity index (χ2v) is 11.0. The lowest BCUT2D eigenvalue weighted by molar-refractivity contribution is -0.141. The summed E-state index contributed by atoms with van der Waals surface area (Å²) < 4.78 is 73.1. The number of nitrogens with zero attached hydrogens (tertiary/aromatic N) is 2. The van der Waals surface area contributed by atoms with Crippen molar-refractivity contribution < 1.29 is 31.1 Å². The van der Waals surface area contributed by atoms with Gasteiger partial charge in [-0.2, -0.15) is 13.2 Å². The van der Waals surface area contributed by atoms with Crippen LogP contribution in [0, 0.1) is 0 Å². The average molecular weight is 662 g/mol. The van der Waals surface area contributed by atoms with E-state index in [4.69, 9.17) is 27.9 Å². The molecule has 0 spiro atoms. The molecule has 1 aromatic heterocycles. The number of amides is 1. The summed E-state index contributed by atoms with van der Waals surface area (Å²) in [4.78, 5) is 19.7. The van der Waals surface area contributed by atoms with Gasteiger partial charge < -0.3 is 4.74 Å². The molecule has 1 amide bonds. The number of benzene rings is 3. The van der Waals surface area contributed by atoms with Gasteiger partial charge in [0.1, 0.15) is 11.5 Å². The number of carbonyl (C=O) groups is 1. The number of sulfonamides is 1. The fourth-order valence-corrected chi connectivity index (χ4v) is 4.98. The first kappa shape index (κ1) is 28.6. The Kier molecular flexibility index (Phi) is 8.35. The van der Waals surface area contributed by atoms with Crippen molar-refractivity contribution >= 4 is 66.7 Å². The van der Waals surface area contributed by atoms with E-state index in [0.29, 0.717) is 16.5 Å². The van der Waals surface area contributed by atoms with Crippen molar-refractivity contribution in [2.24, 2.45) is 0 Å². The summed E-state index contributed by atoms with van der Waals surface area (Å²) in [6.07, 6.45) is -3.99. The van der Waals surface area contributed by atoms with Gasteiger partial charge in [0.2, 0.25) is 5.95 Å². The van der Waals surface area contributed by atoms with E-state index in [-0.39, 0.29) is 21.2 Å². The Morgan fingerprint density at radius 1 is 1.00 bits per heavy atom. The van der Waals surface area contributed by atoms with Gasteiger partial charge in [0, 0.05) is 11.2 Å². The zero-order chi connectivity index (χ0) is 28.4. The van der Waals surface area contributed by atoms with E-state index < -0.39 is 38.2 Å². The number of hydrogen-bond donors (Lipinski definition) is 2. The Hall–Kier alpha value is -3.39. The number of para-hydroxylation sites is 1. The van der Waals surface area contributed by atoms with Crippen molar-refractivity contribution in [3.63, 3.8) is 0 Å². The summed E-state index contributed by atoms with van der Waals surface area (Å²) in [7, 11) is -4.23. The Balaban J connectivity index is 1.56. The van der Waals surface area contributed by atoms with Crippen LogP contribution in [0.25, 0.3) is 0 Å². The molecule has 0 unspecified atom stereocenters. The number of anilines is 2. The van der Waals surface area contributed by atoms with Crippen LogP contribution >= 0.6 is 39.1 Å². The molecule has 1 heterocycles. The van der Waals surface area contributed by atoms with E-state index in [2.05, 4.69) is 35.9 Å². The van der Waals surface area contributed by atoms with E-state index in [1.165, 1.54) is 36.4 Å². The number of rotatable bonds is 7. The van der Waals surface area contributed by atoms with Crippen LogP contribution < -0.4 is 14.8 Å². The molecular formula is C24H14BrCl2F3N4O4S. The molecule has 0 atom stereocenters. The minimum Gasteiger partial charge on any atom is -0.456 e. The third-order valence-corrected chi connectivity index (χ3v) is 7.42. The van der Waals surface area contributed by atoms with Crippen molar-refractivity contribution in [1.82, 2.24) is 9.97 Å². The average Bonchev–Trinajstić information content (AvgIpc) is 2.87. The molecule has 39 heavy (non-hydrogen) atoms. The highest BCUT2D eigenvalue weighted by atomic mass is 79.9. The van der Waals surface area contributed by atoms with Gasteiger partial charge in [0.15, 0.2) is 5.69 Å². The van der Waals surface area contributed by atoms with Gasteiger partial charge >= 0.3 is 6.18 Å². The lowest BCUT2D eigenvalue weighted by atomic mass is 10.1. The van der Waals surface area contributed by atoms with Crippen LogP contribution in [0.4, 0.5) is 24.8 Å². The molecule has 3 aromatic carbocycles. The van der Waals surface area contributed by atoms with Crippen LogP contribution in [0.5, 0.6) is 11.5 Å². The summed E-state index contributed by atoms with van der Waals surface area (Å²) in [5, 5.41) is 2.56. The predicted octanol–water partition coefficient (Wildman–Crippen LogP) is 7.41. The van der Waals surface area contributed by atoms with E-state index in [1.807, 2.05) is 0 Å². The summed E-state index contributed by atoms with van der Waals surface area (Å²) in [5.74, 6) is -0.962. The van der Waals surface area contributed by atoms with Crippen LogP contribution in [0.1, 0.15) is 16.1 Å². The largest absolute Gasteiger partial charge is 0.456 e. The molecule has 8 nitrogen and oxygen atoms in total. The predicted molar refractivity (Wildman–Crippen MR) is 143 cm³/mol. The number of alkyl halides is 3. The fourth-order valence-electron chi connectivity index (χ4n) is 3.13. The van der Waals surface area contributed by atoms with E-state index in [1.54, 1.807) is 24.3 Å². The molecule has 0 aliphatic rings. The SMILES string of the molecule is O=C(Nc1ncc(Br)c(C(F)(F)F)n1)c1cc(Cl)ccc1NS(=O)(=O)c1ccc(Oc2ccccc2Cl)cc1. The molecule has 0 fully saturated rings. The van der Waals surface area contributed by atoms with Crippen LogP contribution in [0.15, 0.2) is 82.3 Å². The van der Waals surface area contributed by atoms with Gasteiger partial charge in [0.05, 0.1) is 25.6 Å². The fraction of sp³-hybridized carbons (Fsp3) is 0.0417. The quantitative estimate of drug-likeness (QED) is 0.213. The van der Waals surface area contributed by atoms with Crippen LogP contribution in [0.2, 0.25) is 10.0 Å². The number of hydrogen-bond acceptors (Lipinski definition) is 6. The lowest BCUT2D eigenvalue weighted by Crippen LogP contribution is -2.20. The highest BCUT2D eigenvalue weighted by molar-refractivity contribution is 9.10. The Bertz CT molecular complexity index is 1660. The molecule has 15 heteroatoms. The van der Waals surface area contributed by atoms with Gasteiger partial charge in [0.25, 0.3) is 15.9 Å². The summed E-state index contributed by atoms with van der Waals surface area (Å²) in [6, 6.07) is 15.8. The van der Waals surface area contributed by atoms with Crippen LogP contribution in [0.3, 0.4) is 0 Å². The van der Waals surface area contributed by atoms with Crippen LogP contribution in [-0.4, -0.2) is 24.3 Å². The Morgan fingerprint density at radius 3 is 2.36 bits per heavy atom. The second-order valence-electron chi connectivity index (χ2n) is 7.64. The molecule has 0 saturated heterocycles. The zero-order valence-electron chi connectivity index (χ0n) is 19.1. The minimum atomic E-state index is -4.81. The maximum Gasteiger partial charge on any atom is 0.434 e. The Morgan fingerprint density at radius 2 is 1.69 bits per heavy atom. The monoisotopic (exact) mass is 660 g/mol. The van der Waals surface area contributed by atoms with Gasteiger partial charge in [-0.15, -0.1) is 0 Å². The lowest BCUT2D eigenvalue weighted by Gasteiger charge is -2.14. The first-order valence-corrected chi connectivity index (χ1v) is 13.6. The smallest absolute Gasteiger partial charge is 0.434 e. The van der Waals surface area contributed by atoms with Crippen molar-refractivity contribution in [1.29, 1.82) is 0 Å². The molecule has 0 saturated carbocycles. The Labute approximate surface area is 238 Å². The van der Waals surface area contributed by atoms with Gasteiger partial charge in [-0.05, 0) is 70.5 Å². The highest BCUT2D eigenvalue weighted by Crippen LogP contribution is 2.34. The molecule has 0 bridgehead atoms. The van der Waals surface area contributed by atoms with Crippen molar-refractivity contribution in [2.45, 2.75) is 11.1 Å². The molecule has 0 aliphatic carbocycles. The first-order chi connectivity index (χ1) is 18.3. The highest BCUT2D eigenvalue weighted by Gasteiger charge is 2.36. The number of aromatic nitrogens is 2.